The molecule has 1 saturated heterocycles. The van der Waals surface area contributed by atoms with Crippen LogP contribution in [0.15, 0.2) is 29.9 Å². The summed E-state index contributed by atoms with van der Waals surface area (Å²) in [5.41, 5.74) is 6.64. The van der Waals surface area contributed by atoms with Crippen LogP contribution in [0.25, 0.3) is 12.2 Å². The van der Waals surface area contributed by atoms with Crippen LogP contribution in [0.4, 0.5) is 5.69 Å². The molecule has 0 spiro atoms. The van der Waals surface area contributed by atoms with Gasteiger partial charge in [-0.15, -0.1) is 0 Å². The fourth-order valence-corrected chi connectivity index (χ4v) is 4.34. The molecule has 1 N–H and O–H groups in total. The van der Waals surface area contributed by atoms with Gasteiger partial charge in [0.15, 0.2) is 11.5 Å². The molecule has 31 heavy (non-hydrogen) atoms. The highest BCUT2D eigenvalue weighted by molar-refractivity contribution is 6.27. The first-order valence-corrected chi connectivity index (χ1v) is 11.1. The molecule has 0 saturated carbocycles. The molecule has 2 aliphatic heterocycles. The molecule has 4 rings (SSSR count). The van der Waals surface area contributed by atoms with Gasteiger partial charge in [-0.1, -0.05) is 23.8 Å². The zero-order chi connectivity index (χ0) is 21.6. The molecule has 1 aromatic carbocycles. The van der Waals surface area contributed by atoms with Crippen molar-refractivity contribution in [3.63, 3.8) is 0 Å². The van der Waals surface area contributed by atoms with Crippen LogP contribution in [0.2, 0.25) is 0 Å². The first kappa shape index (κ1) is 21.4. The number of benzene rings is 1. The number of piperazine rings is 1. The van der Waals surface area contributed by atoms with Gasteiger partial charge in [0.2, 0.25) is 0 Å². The maximum absolute atomic E-state index is 9.34. The lowest BCUT2D eigenvalue weighted by Crippen LogP contribution is -2.47. The SMILES string of the molecule is C/C=C\c1c(CCN2CCN(c3ccc(C#N)c4c3OCCO4)CC2)c[nH]c1/C=C/Cl. The van der Waals surface area contributed by atoms with Crippen LogP contribution in [0, 0.1) is 11.3 Å². The van der Waals surface area contributed by atoms with Gasteiger partial charge in [0, 0.05) is 55.7 Å². The normalized spacial score (nSPS) is 16.9. The number of hydrogen-bond donors (Lipinski definition) is 1. The summed E-state index contributed by atoms with van der Waals surface area (Å²) in [7, 11) is 0. The number of aromatic nitrogens is 1. The molecule has 6 nitrogen and oxygen atoms in total. The summed E-state index contributed by atoms with van der Waals surface area (Å²) in [5.74, 6) is 1.29. The summed E-state index contributed by atoms with van der Waals surface area (Å²) in [6.45, 7) is 7.82. The van der Waals surface area contributed by atoms with Crippen molar-refractivity contribution in [2.75, 3.05) is 50.8 Å². The molecule has 1 aromatic heterocycles. The van der Waals surface area contributed by atoms with Crippen molar-refractivity contribution in [1.82, 2.24) is 9.88 Å². The Balaban J connectivity index is 1.39. The molecule has 0 unspecified atom stereocenters. The molecule has 0 aliphatic carbocycles. The summed E-state index contributed by atoms with van der Waals surface area (Å²) >= 11 is 5.77. The third-order valence-corrected chi connectivity index (χ3v) is 5.93. The van der Waals surface area contributed by atoms with Gasteiger partial charge in [0.05, 0.1) is 11.3 Å². The van der Waals surface area contributed by atoms with Crippen LogP contribution < -0.4 is 14.4 Å². The van der Waals surface area contributed by atoms with E-state index in [1.54, 1.807) is 5.54 Å². The predicted molar refractivity (Wildman–Crippen MR) is 125 cm³/mol. The van der Waals surface area contributed by atoms with E-state index >= 15 is 0 Å². The van der Waals surface area contributed by atoms with Crippen molar-refractivity contribution in [1.29, 1.82) is 5.26 Å². The molecule has 162 valence electrons. The molecular weight excluding hydrogens is 412 g/mol. The number of ether oxygens (including phenoxy) is 2. The van der Waals surface area contributed by atoms with E-state index in [2.05, 4.69) is 39.2 Å². The van der Waals surface area contributed by atoms with E-state index in [9.17, 15) is 5.26 Å². The Kier molecular flexibility index (Phi) is 6.86. The molecule has 0 amide bonds. The number of rotatable bonds is 6. The van der Waals surface area contributed by atoms with Crippen molar-refractivity contribution in [3.8, 4) is 17.6 Å². The van der Waals surface area contributed by atoms with E-state index in [0.717, 1.165) is 50.5 Å². The summed E-state index contributed by atoms with van der Waals surface area (Å²) in [6.07, 6.45) is 9.14. The van der Waals surface area contributed by atoms with E-state index in [0.29, 0.717) is 30.3 Å². The summed E-state index contributed by atoms with van der Waals surface area (Å²) < 4.78 is 11.6. The molecule has 3 heterocycles. The molecule has 0 bridgehead atoms. The molecular formula is C24H27ClN4O2. The van der Waals surface area contributed by atoms with Crippen molar-refractivity contribution in [2.45, 2.75) is 13.3 Å². The summed E-state index contributed by atoms with van der Waals surface area (Å²) in [6, 6.07) is 6.01. The third kappa shape index (κ3) is 4.58. The third-order valence-electron chi connectivity index (χ3n) is 5.80. The summed E-state index contributed by atoms with van der Waals surface area (Å²) in [5, 5.41) is 9.34. The van der Waals surface area contributed by atoms with Crippen LogP contribution in [0.5, 0.6) is 11.5 Å². The molecule has 2 aromatic rings. The first-order chi connectivity index (χ1) is 15.2. The van der Waals surface area contributed by atoms with Crippen LogP contribution >= 0.6 is 11.6 Å². The Labute approximate surface area is 188 Å². The van der Waals surface area contributed by atoms with Crippen molar-refractivity contribution < 1.29 is 9.47 Å². The number of nitrogens with zero attached hydrogens (tertiary/aromatic N) is 3. The lowest BCUT2D eigenvalue weighted by molar-refractivity contribution is 0.171. The van der Waals surface area contributed by atoms with Gasteiger partial charge in [-0.05, 0) is 37.1 Å². The minimum Gasteiger partial charge on any atom is -0.485 e. The van der Waals surface area contributed by atoms with E-state index in [1.807, 2.05) is 25.1 Å². The van der Waals surface area contributed by atoms with Crippen molar-refractivity contribution in [3.05, 3.63) is 52.3 Å². The zero-order valence-electron chi connectivity index (χ0n) is 17.7. The van der Waals surface area contributed by atoms with Gasteiger partial charge in [-0.2, -0.15) is 5.26 Å². The van der Waals surface area contributed by atoms with Gasteiger partial charge in [-0.3, -0.25) is 4.90 Å². The molecule has 0 atom stereocenters. The lowest BCUT2D eigenvalue weighted by atomic mass is 10.1. The number of nitrogens with one attached hydrogen (secondary N) is 1. The topological polar surface area (TPSA) is 64.5 Å². The van der Waals surface area contributed by atoms with E-state index in [4.69, 9.17) is 21.1 Å². The Morgan fingerprint density at radius 1 is 1.13 bits per heavy atom. The fraction of sp³-hybridized carbons (Fsp3) is 0.375. The van der Waals surface area contributed by atoms with Gasteiger partial charge in [0.1, 0.15) is 19.3 Å². The largest absolute Gasteiger partial charge is 0.485 e. The Morgan fingerprint density at radius 3 is 2.61 bits per heavy atom. The van der Waals surface area contributed by atoms with Gasteiger partial charge in [-0.25, -0.2) is 0 Å². The maximum Gasteiger partial charge on any atom is 0.186 e. The monoisotopic (exact) mass is 438 g/mol. The van der Waals surface area contributed by atoms with Crippen LogP contribution in [-0.4, -0.2) is 55.8 Å². The Morgan fingerprint density at radius 2 is 1.90 bits per heavy atom. The molecule has 0 radical (unpaired) electrons. The molecule has 1 fully saturated rings. The minimum atomic E-state index is 0.482. The second-order valence-electron chi connectivity index (χ2n) is 7.61. The fourth-order valence-electron chi connectivity index (χ4n) is 4.22. The average Bonchev–Trinajstić information content (AvgIpc) is 3.19. The highest BCUT2D eigenvalue weighted by Gasteiger charge is 2.26. The summed E-state index contributed by atoms with van der Waals surface area (Å²) in [4.78, 5) is 8.14. The Hall–Kier alpha value is -2.88. The molecule has 2 aliphatic rings. The predicted octanol–water partition coefficient (Wildman–Crippen LogP) is 4.26. The number of nitriles is 1. The van der Waals surface area contributed by atoms with Crippen LogP contribution in [0.3, 0.4) is 0 Å². The Bertz CT molecular complexity index is 1010. The van der Waals surface area contributed by atoms with E-state index < -0.39 is 0 Å². The quantitative estimate of drug-likeness (QED) is 0.729. The van der Waals surface area contributed by atoms with Gasteiger partial charge >= 0.3 is 0 Å². The highest BCUT2D eigenvalue weighted by atomic mass is 35.5. The zero-order valence-corrected chi connectivity index (χ0v) is 18.5. The maximum atomic E-state index is 9.34. The number of allylic oxidation sites excluding steroid dienone is 1. The van der Waals surface area contributed by atoms with E-state index in [-0.39, 0.29) is 0 Å². The van der Waals surface area contributed by atoms with Gasteiger partial charge < -0.3 is 19.4 Å². The number of H-pyrrole nitrogens is 1. The average molecular weight is 439 g/mol. The van der Waals surface area contributed by atoms with Gasteiger partial charge in [0.25, 0.3) is 0 Å². The van der Waals surface area contributed by atoms with E-state index in [1.165, 1.54) is 11.1 Å². The minimum absolute atomic E-state index is 0.482. The number of hydrogen-bond acceptors (Lipinski definition) is 5. The molecule has 7 heteroatoms. The number of halogens is 1. The standard InChI is InChI=1S/C24H27ClN4O2/c1-2-3-20-19(17-27-21(20)6-8-25)7-9-28-10-12-29(13-11-28)22-5-4-18(16-26)23-24(22)31-15-14-30-23/h2-6,8,17,27H,7,9-15H2,1H3/b3-2-,8-6+. The number of aromatic amines is 1. The van der Waals surface area contributed by atoms with Crippen molar-refractivity contribution >= 4 is 29.4 Å². The second-order valence-corrected chi connectivity index (χ2v) is 7.86. The lowest BCUT2D eigenvalue weighted by Gasteiger charge is -2.37. The number of anilines is 1. The van der Waals surface area contributed by atoms with Crippen molar-refractivity contribution in [2.24, 2.45) is 0 Å². The van der Waals surface area contributed by atoms with Crippen LogP contribution in [0.1, 0.15) is 29.3 Å². The van der Waals surface area contributed by atoms with Crippen LogP contribution in [-0.2, 0) is 6.42 Å². The second kappa shape index (κ2) is 9.95. The first-order valence-electron chi connectivity index (χ1n) is 10.6. The highest BCUT2D eigenvalue weighted by Crippen LogP contribution is 2.42. The smallest absolute Gasteiger partial charge is 0.186 e. The number of fused-ring (bicyclic) bond motifs is 1.